The van der Waals surface area contributed by atoms with Crippen molar-refractivity contribution in [2.24, 2.45) is 11.8 Å². The molecule has 2 aliphatic carbocycles. The van der Waals surface area contributed by atoms with Crippen LogP contribution in [0.2, 0.25) is 0 Å². The molecule has 1 aromatic carbocycles. The Labute approximate surface area is 118 Å². The van der Waals surface area contributed by atoms with Gasteiger partial charge in [0.05, 0.1) is 6.54 Å². The molecule has 1 aromatic heterocycles. The van der Waals surface area contributed by atoms with Gasteiger partial charge in [-0.2, -0.15) is 4.98 Å². The van der Waals surface area contributed by atoms with E-state index in [2.05, 4.69) is 39.7 Å². The summed E-state index contributed by atoms with van der Waals surface area (Å²) in [5.74, 6) is 2.25. The first kappa shape index (κ1) is 12.1. The van der Waals surface area contributed by atoms with Gasteiger partial charge in [-0.25, -0.2) is 0 Å². The summed E-state index contributed by atoms with van der Waals surface area (Å²) in [6, 6.07) is 9.51. The van der Waals surface area contributed by atoms with Gasteiger partial charge in [0.2, 0.25) is 6.39 Å². The molecule has 4 nitrogen and oxygen atoms in total. The van der Waals surface area contributed by atoms with Crippen LogP contribution in [-0.2, 0) is 19.4 Å². The Bertz CT molecular complexity index is 548. The summed E-state index contributed by atoms with van der Waals surface area (Å²) in [5.41, 5.74) is 3.09. The topological polar surface area (TPSA) is 51.0 Å². The molecule has 20 heavy (non-hydrogen) atoms. The Kier molecular flexibility index (Phi) is 3.03. The molecule has 2 bridgehead atoms. The molecule has 2 aromatic rings. The first-order valence-corrected chi connectivity index (χ1v) is 7.45. The molecule has 0 saturated heterocycles. The molecule has 2 unspecified atom stereocenters. The lowest BCUT2D eigenvalue weighted by atomic mass is 9.94. The molecule has 1 saturated carbocycles. The van der Waals surface area contributed by atoms with Crippen molar-refractivity contribution in [3.05, 3.63) is 47.6 Å². The van der Waals surface area contributed by atoms with E-state index in [9.17, 15) is 0 Å². The SMILES string of the molecule is c1ccc2c(c1)CC1CCC(C2)C1NCc1ncon1. The lowest BCUT2D eigenvalue weighted by Crippen LogP contribution is -2.37. The lowest BCUT2D eigenvalue weighted by Gasteiger charge is -2.23. The number of rotatable bonds is 3. The summed E-state index contributed by atoms with van der Waals surface area (Å²) in [5, 5.41) is 7.56. The average Bonchev–Trinajstić information content (AvgIpc) is 3.04. The second-order valence-corrected chi connectivity index (χ2v) is 6.03. The molecule has 4 rings (SSSR count). The summed E-state index contributed by atoms with van der Waals surface area (Å²) in [6.45, 7) is 0.713. The van der Waals surface area contributed by atoms with Crippen molar-refractivity contribution in [1.29, 1.82) is 0 Å². The van der Waals surface area contributed by atoms with Gasteiger partial charge in [-0.1, -0.05) is 29.4 Å². The second-order valence-electron chi connectivity index (χ2n) is 6.03. The molecule has 0 aliphatic heterocycles. The molecule has 0 spiro atoms. The van der Waals surface area contributed by atoms with Crippen molar-refractivity contribution in [2.45, 2.75) is 38.3 Å². The van der Waals surface area contributed by atoms with Gasteiger partial charge in [0.15, 0.2) is 5.82 Å². The van der Waals surface area contributed by atoms with Crippen molar-refractivity contribution < 1.29 is 4.52 Å². The van der Waals surface area contributed by atoms with E-state index >= 15 is 0 Å². The predicted molar refractivity (Wildman–Crippen MR) is 75.0 cm³/mol. The highest BCUT2D eigenvalue weighted by atomic mass is 16.5. The third kappa shape index (κ3) is 2.14. The molecular formula is C16H19N3O. The average molecular weight is 269 g/mol. The van der Waals surface area contributed by atoms with E-state index in [1.807, 2.05) is 0 Å². The molecule has 1 fully saturated rings. The molecule has 104 valence electrons. The van der Waals surface area contributed by atoms with E-state index in [-0.39, 0.29) is 0 Å². The predicted octanol–water partition coefficient (Wildman–Crippen LogP) is 2.35. The fraction of sp³-hybridized carbons (Fsp3) is 0.500. The summed E-state index contributed by atoms with van der Waals surface area (Å²) in [7, 11) is 0. The fourth-order valence-corrected chi connectivity index (χ4v) is 3.96. The van der Waals surface area contributed by atoms with Crippen molar-refractivity contribution in [1.82, 2.24) is 15.5 Å². The number of hydrogen-bond acceptors (Lipinski definition) is 4. The second kappa shape index (κ2) is 5.02. The van der Waals surface area contributed by atoms with Crippen molar-refractivity contribution in [2.75, 3.05) is 0 Å². The molecular weight excluding hydrogens is 250 g/mol. The van der Waals surface area contributed by atoms with Crippen LogP contribution in [0.5, 0.6) is 0 Å². The zero-order valence-corrected chi connectivity index (χ0v) is 11.5. The summed E-state index contributed by atoms with van der Waals surface area (Å²) >= 11 is 0. The van der Waals surface area contributed by atoms with Crippen LogP contribution in [0.1, 0.15) is 29.8 Å². The zero-order valence-electron chi connectivity index (χ0n) is 11.5. The van der Waals surface area contributed by atoms with Gasteiger partial charge in [0.25, 0.3) is 0 Å². The monoisotopic (exact) mass is 269 g/mol. The van der Waals surface area contributed by atoms with Crippen molar-refractivity contribution in [3.63, 3.8) is 0 Å². The number of benzene rings is 1. The lowest BCUT2D eigenvalue weighted by molar-refractivity contribution is 0.333. The minimum atomic E-state index is 0.584. The third-order valence-electron chi connectivity index (χ3n) is 4.91. The van der Waals surface area contributed by atoms with E-state index < -0.39 is 0 Å². The van der Waals surface area contributed by atoms with E-state index in [4.69, 9.17) is 4.52 Å². The first-order valence-electron chi connectivity index (χ1n) is 7.45. The fourth-order valence-electron chi connectivity index (χ4n) is 3.96. The highest BCUT2D eigenvalue weighted by Crippen LogP contribution is 2.40. The van der Waals surface area contributed by atoms with Crippen molar-refractivity contribution in [3.8, 4) is 0 Å². The maximum absolute atomic E-state index is 4.80. The molecule has 4 heteroatoms. The van der Waals surface area contributed by atoms with Crippen LogP contribution < -0.4 is 5.32 Å². The molecule has 1 N–H and O–H groups in total. The molecule has 1 heterocycles. The normalized spacial score (nSPS) is 28.1. The van der Waals surface area contributed by atoms with Gasteiger partial charge < -0.3 is 9.84 Å². The van der Waals surface area contributed by atoms with Crippen molar-refractivity contribution >= 4 is 0 Å². The van der Waals surface area contributed by atoms with E-state index in [1.54, 1.807) is 11.1 Å². The largest absolute Gasteiger partial charge is 0.343 e. The van der Waals surface area contributed by atoms with Crippen LogP contribution in [0.3, 0.4) is 0 Å². The summed E-state index contributed by atoms with van der Waals surface area (Å²) < 4.78 is 4.80. The van der Waals surface area contributed by atoms with Gasteiger partial charge in [-0.05, 0) is 48.6 Å². The Morgan fingerprint density at radius 2 is 1.80 bits per heavy atom. The Balaban J connectivity index is 1.52. The Morgan fingerprint density at radius 1 is 1.10 bits per heavy atom. The summed E-state index contributed by atoms with van der Waals surface area (Å²) in [6.07, 6.45) is 6.48. The van der Waals surface area contributed by atoms with E-state index in [1.165, 1.54) is 32.1 Å². The number of aromatic nitrogens is 2. The van der Waals surface area contributed by atoms with Gasteiger partial charge in [-0.3, -0.25) is 0 Å². The molecule has 0 amide bonds. The van der Waals surface area contributed by atoms with Crippen LogP contribution in [-0.4, -0.2) is 16.2 Å². The highest BCUT2D eigenvalue weighted by molar-refractivity contribution is 5.30. The smallest absolute Gasteiger partial charge is 0.213 e. The van der Waals surface area contributed by atoms with Crippen LogP contribution in [0.25, 0.3) is 0 Å². The molecule has 2 aliphatic rings. The minimum Gasteiger partial charge on any atom is -0.343 e. The van der Waals surface area contributed by atoms with Gasteiger partial charge in [-0.15, -0.1) is 0 Å². The van der Waals surface area contributed by atoms with E-state index in [0.717, 1.165) is 17.7 Å². The van der Waals surface area contributed by atoms with Crippen LogP contribution in [0.15, 0.2) is 35.2 Å². The zero-order chi connectivity index (χ0) is 13.4. The third-order valence-corrected chi connectivity index (χ3v) is 4.91. The Morgan fingerprint density at radius 3 is 2.40 bits per heavy atom. The minimum absolute atomic E-state index is 0.584. The Hall–Kier alpha value is -1.68. The van der Waals surface area contributed by atoms with Gasteiger partial charge in [0.1, 0.15) is 0 Å². The maximum atomic E-state index is 4.80. The number of hydrogen-bond donors (Lipinski definition) is 1. The van der Waals surface area contributed by atoms with Gasteiger partial charge >= 0.3 is 0 Å². The maximum Gasteiger partial charge on any atom is 0.213 e. The number of fused-ring (bicyclic) bond motifs is 3. The first-order chi connectivity index (χ1) is 9.90. The van der Waals surface area contributed by atoms with Crippen LogP contribution in [0.4, 0.5) is 0 Å². The standard InChI is InChI=1S/C16H19N3O/c1-2-4-12-8-14-6-5-13(7-11(12)3-1)16(14)17-9-15-18-10-20-19-15/h1-4,10,13-14,16-17H,5-9H2. The van der Waals surface area contributed by atoms with Gasteiger partial charge in [0, 0.05) is 6.04 Å². The highest BCUT2D eigenvalue weighted by Gasteiger charge is 2.38. The van der Waals surface area contributed by atoms with Crippen LogP contribution >= 0.6 is 0 Å². The number of nitrogens with zero attached hydrogens (tertiary/aromatic N) is 2. The molecule has 0 radical (unpaired) electrons. The molecule has 2 atom stereocenters. The summed E-state index contributed by atoms with van der Waals surface area (Å²) in [4.78, 5) is 4.09. The quantitative estimate of drug-likeness (QED) is 0.929. The van der Waals surface area contributed by atoms with E-state index in [0.29, 0.717) is 12.6 Å². The number of nitrogens with one attached hydrogen (secondary N) is 1. The van der Waals surface area contributed by atoms with Crippen LogP contribution in [0, 0.1) is 11.8 Å².